The van der Waals surface area contributed by atoms with Crippen LogP contribution in [0.5, 0.6) is 11.5 Å². The maximum Gasteiger partial charge on any atom is 0.456 e. The highest BCUT2D eigenvalue weighted by Gasteiger charge is 2.54. The van der Waals surface area contributed by atoms with Crippen molar-refractivity contribution in [2.45, 2.75) is 188 Å². The van der Waals surface area contributed by atoms with Gasteiger partial charge in [0, 0.05) is 158 Å². The van der Waals surface area contributed by atoms with E-state index in [1.807, 2.05) is 67.0 Å². The van der Waals surface area contributed by atoms with Gasteiger partial charge in [0.15, 0.2) is 11.5 Å². The van der Waals surface area contributed by atoms with Crippen LogP contribution in [-0.2, 0) is 75.9 Å². The number of hydrogen-bond donors (Lipinski definition) is 3. The number of aryl methyl sites for hydroxylation is 1. The fraction of sp³-hybridized carbons (Fsp3) is 0.474. The molecule has 0 aliphatic carbocycles. The Morgan fingerprint density at radius 3 is 1.43 bits per heavy atom. The van der Waals surface area contributed by atoms with Crippen molar-refractivity contribution in [3.63, 3.8) is 0 Å². The zero-order valence-corrected chi connectivity index (χ0v) is 77.3. The third-order valence-electron chi connectivity index (χ3n) is 28.2. The van der Waals surface area contributed by atoms with Crippen LogP contribution in [0.2, 0.25) is 0 Å². The number of carbonyl (C=O) groups excluding carboxylic acids is 5. The molecule has 4 aromatic heterocycles. The molecule has 37 heteroatoms. The topological polar surface area (TPSA) is 225 Å². The molecular formula is C97H116F13N13O10S. The normalized spacial score (nSPS) is 19.0. The number of aromatic nitrogens is 4. The van der Waals surface area contributed by atoms with Crippen LogP contribution in [0.15, 0.2) is 163 Å². The van der Waals surface area contributed by atoms with Gasteiger partial charge in [-0.1, -0.05) is 49.4 Å². The van der Waals surface area contributed by atoms with Gasteiger partial charge >= 0.3 is 24.7 Å². The molecule has 4 spiro atoms. The van der Waals surface area contributed by atoms with Crippen LogP contribution in [0.1, 0.15) is 204 Å². The number of methoxy groups -OCH3 is 1. The van der Waals surface area contributed by atoms with Crippen LogP contribution in [0, 0.1) is 12.7 Å². The first kappa shape index (κ1) is 99.1. The Morgan fingerprint density at radius 1 is 0.507 bits per heavy atom. The van der Waals surface area contributed by atoms with Crippen molar-refractivity contribution in [2.24, 2.45) is 0 Å². The Bertz CT molecular complexity index is 5940. The molecular weight excluding hydrogens is 1790 g/mol. The molecule has 0 radical (unpaired) electrons. The molecule has 12 heterocycles. The highest BCUT2D eigenvalue weighted by atomic mass is 32.2. The van der Waals surface area contributed by atoms with Crippen LogP contribution >= 0.6 is 0 Å². The van der Waals surface area contributed by atoms with Gasteiger partial charge in [0.1, 0.15) is 22.9 Å². The average molecular weight is 1900 g/mol. The summed E-state index contributed by atoms with van der Waals surface area (Å²) in [5.41, 5.74) is 1.74. The van der Waals surface area contributed by atoms with E-state index in [1.54, 1.807) is 118 Å². The fourth-order valence-corrected chi connectivity index (χ4v) is 21.7. The smallest absolute Gasteiger partial charge is 0.456 e. The summed E-state index contributed by atoms with van der Waals surface area (Å²) in [6, 6.07) is 40.6. The minimum atomic E-state index is -4.94. The first-order valence-corrected chi connectivity index (χ1v) is 46.3. The second kappa shape index (κ2) is 38.0. The number of hydrogen-bond acceptors (Lipinski definition) is 14. The molecule has 1 atom stereocenters. The number of likely N-dealkylation sites (tertiary alicyclic amines) is 4. The second-order valence-corrected chi connectivity index (χ2v) is 38.4. The third-order valence-corrected chi connectivity index (χ3v) is 29.6. The van der Waals surface area contributed by atoms with Gasteiger partial charge in [0.25, 0.3) is 29.4 Å². The highest BCUT2D eigenvalue weighted by molar-refractivity contribution is 7.89. The lowest BCUT2D eigenvalue weighted by Crippen LogP contribution is -2.57. The fourth-order valence-electron chi connectivity index (χ4n) is 21.0. The third kappa shape index (κ3) is 19.4. The monoisotopic (exact) mass is 1900 g/mol. The van der Waals surface area contributed by atoms with E-state index >= 15 is 0 Å². The molecule has 3 N–H and O–H groups in total. The number of nitrogens with zero attached hydrogens (tertiary/aromatic N) is 11. The predicted molar refractivity (Wildman–Crippen MR) is 480 cm³/mol. The number of amides is 4. The van der Waals surface area contributed by atoms with E-state index in [0.29, 0.717) is 193 Å². The molecule has 0 bridgehead atoms. The van der Waals surface area contributed by atoms with Crippen molar-refractivity contribution >= 4 is 39.4 Å². The summed E-state index contributed by atoms with van der Waals surface area (Å²) < 4.78 is 219. The van der Waals surface area contributed by atoms with Crippen LogP contribution in [-0.4, -0.2) is 222 Å². The number of aliphatic hydroxyl groups is 1. The van der Waals surface area contributed by atoms with Crippen molar-refractivity contribution < 1.29 is 107 Å². The molecule has 8 aliphatic rings. The number of nitrogens with one attached hydrogen (secondary N) is 2. The number of piperidine rings is 4. The van der Waals surface area contributed by atoms with E-state index in [1.165, 1.54) is 74.9 Å². The van der Waals surface area contributed by atoms with Crippen LogP contribution in [0.25, 0.3) is 11.1 Å². The summed E-state index contributed by atoms with van der Waals surface area (Å²) >= 11 is 0. The van der Waals surface area contributed by atoms with Crippen molar-refractivity contribution in [1.82, 2.24) is 62.6 Å². The molecule has 1 unspecified atom stereocenters. The number of benzene rings is 5. The number of halogens is 13. The molecule has 0 saturated carbocycles. The Balaban J connectivity index is 0.000000162. The maximum absolute atomic E-state index is 14.8. The Morgan fingerprint density at radius 2 is 0.948 bits per heavy atom. The van der Waals surface area contributed by atoms with Crippen molar-refractivity contribution in [2.75, 3.05) is 114 Å². The quantitative estimate of drug-likeness (QED) is 0.0721. The molecule has 134 heavy (non-hydrogen) atoms. The zero-order chi connectivity index (χ0) is 97.1. The maximum atomic E-state index is 14.8. The first-order valence-electron chi connectivity index (χ1n) is 44.8. The summed E-state index contributed by atoms with van der Waals surface area (Å²) in [4.78, 5) is 77.8. The van der Waals surface area contributed by atoms with Crippen molar-refractivity contribution in [3.8, 4) is 22.6 Å². The number of likely N-dealkylation sites (N-methyl/N-ethyl adjacent to an activating group) is 3. The number of sulfonamides is 1. The summed E-state index contributed by atoms with van der Waals surface area (Å²) in [6.45, 7) is 17.2. The molecule has 4 saturated heterocycles. The molecule has 23 nitrogen and oxygen atoms in total. The van der Waals surface area contributed by atoms with Gasteiger partial charge in [-0.2, -0.15) is 52.7 Å². The van der Waals surface area contributed by atoms with Gasteiger partial charge in [-0.25, -0.2) is 17.5 Å². The molecule has 726 valence electrons. The lowest BCUT2D eigenvalue weighted by atomic mass is 9.80. The van der Waals surface area contributed by atoms with E-state index in [4.69, 9.17) is 9.47 Å². The van der Waals surface area contributed by atoms with Crippen molar-refractivity contribution in [3.05, 3.63) is 242 Å². The van der Waals surface area contributed by atoms with Crippen LogP contribution < -0.4 is 19.5 Å². The minimum absolute atomic E-state index is 0. The van der Waals surface area contributed by atoms with Gasteiger partial charge in [-0.05, 0) is 253 Å². The Hall–Kier alpha value is -10.8. The summed E-state index contributed by atoms with van der Waals surface area (Å²) in [5, 5.41) is 13.7. The molecule has 9 aromatic rings. The number of carbonyl (C=O) groups is 5. The molecule has 4 amide bonds. The Labute approximate surface area is 772 Å². The van der Waals surface area contributed by atoms with E-state index in [-0.39, 0.29) is 74.4 Å². The van der Waals surface area contributed by atoms with Gasteiger partial charge in [0.05, 0.1) is 51.6 Å². The van der Waals surface area contributed by atoms with E-state index in [2.05, 4.69) is 24.7 Å². The number of alkyl halides is 12. The molecule has 5 aromatic carbocycles. The van der Waals surface area contributed by atoms with Gasteiger partial charge in [-0.3, -0.25) is 38.7 Å². The van der Waals surface area contributed by atoms with Gasteiger partial charge in [-0.15, -0.1) is 0 Å². The lowest BCUT2D eigenvalue weighted by Gasteiger charge is -2.52. The molecule has 17 rings (SSSR count). The van der Waals surface area contributed by atoms with Crippen LogP contribution in [0.4, 0.5) is 57.1 Å². The first-order chi connectivity index (χ1) is 63.0. The predicted octanol–water partition coefficient (Wildman–Crippen LogP) is 17.2. The number of rotatable bonds is 13. The largest absolute Gasteiger partial charge is 0.493 e. The number of ether oxygens (including phenoxy) is 2. The summed E-state index contributed by atoms with van der Waals surface area (Å²) in [5.74, 6) is -1.98. The standard InChI is InChI=1S/C27H25F4N3O2.C26H34F3N3O3.C23H28F3N3O2.C21H25F3N4O3S.2H2/c1-32-15-16-34-22(24(35)27(29,30)31)9-10-23(34)26(32)11-13-33(14-12-26)25(36)19-7-8-20(21(28)17-19)18-5-3-2-4-6-18;1-6-19-16-30(4)25(22-9-10-23(32(19)22)26(27,28)29)11-13-31(14-12-25)24(33)18-7-8-20(35-17(2)3)21(15-18)34-5;1-15-14-16(4-5-17(15)21(2,3)31)20(30)28-11-8-22(9-12-28)18-6-7-19(23(24,25)26)29(18)13-10-27-22;1-25-32(30,31)16-5-3-15(4-6-16)19(29)27-11-9-20(10-12-27)17-7-8-18(21(22,23)24)28(17)14-13-26(20)2;;/h2-10,17H,11-16H2,1H3;7-10,15,17,19H,6,11-14,16H2,1-5H3;4-7,14,27,31H,8-13H2,1-3H3;3-8,25H,9-14H2,1-2H3;2*1H. The van der Waals surface area contributed by atoms with Gasteiger partial charge in [0.2, 0.25) is 10.0 Å². The van der Waals surface area contributed by atoms with Crippen LogP contribution in [0.3, 0.4) is 0 Å². The SMILES string of the molecule is CCC1CN(C)C2(CCN(C(=O)c3ccc(OC(C)C)c(OC)c3)CC2)c2ccc(C(F)(F)F)n21.CN1CCn2c(C(=O)C(F)(F)F)ccc2C12CCN(C(=O)c1ccc(-c3ccccc3)c(F)c1)CC2.CNS(=O)(=O)c1ccc(C(=O)N2CCC3(CC2)c2ccc(C(F)(F)F)n2CCN3C)cc1.Cc1cc(C(=O)N2CCC3(CC2)NCCn2c(C(F)(F)F)ccc23)ccc1C(C)(C)O.[HH].[HH]. The lowest BCUT2D eigenvalue weighted by molar-refractivity contribution is -0.146. The summed E-state index contributed by atoms with van der Waals surface area (Å²) in [6.07, 6.45) is -13.3. The van der Waals surface area contributed by atoms with Gasteiger partial charge < -0.3 is 57.8 Å². The minimum Gasteiger partial charge on any atom is -0.493 e. The number of Topliss-reactive ketones (excluding diaryl/α,β-unsaturated/α-hetero) is 1. The van der Waals surface area contributed by atoms with E-state index in [0.717, 1.165) is 28.8 Å². The van der Waals surface area contributed by atoms with E-state index < -0.39 is 91.2 Å². The zero-order valence-electron chi connectivity index (χ0n) is 76.5. The number of ketones is 1. The highest BCUT2D eigenvalue weighted by Crippen LogP contribution is 2.51. The average Bonchev–Trinajstić information content (AvgIpc) is 0.798. The second-order valence-electron chi connectivity index (χ2n) is 36.5. The molecule has 8 aliphatic heterocycles. The van der Waals surface area contributed by atoms with Crippen molar-refractivity contribution in [1.29, 1.82) is 0 Å². The Kier molecular flexibility index (Phi) is 28.1. The molecule has 4 fully saturated rings. The summed E-state index contributed by atoms with van der Waals surface area (Å²) in [7, 11) is 5.08. The van der Waals surface area contributed by atoms with E-state index in [9.17, 15) is 94.6 Å². The number of fused-ring (bicyclic) bond motifs is 8.